The standard InChI is InChI=1S/C21H24N4O3.ClH/c1-10-6-16(12(3)27-10)18-9-17(19-11(2)25-28-21(19)24-18)20(26)23-15-7-13-4-5-14(8-15)22-13;/h6,9,13-15,22H,4-5,7-8H2,1-3H3,(H,23,26);1H. The van der Waals surface area contributed by atoms with Gasteiger partial charge in [-0.2, -0.15) is 0 Å². The summed E-state index contributed by atoms with van der Waals surface area (Å²) in [5.74, 6) is 1.48. The Balaban J connectivity index is 0.00000205. The van der Waals surface area contributed by atoms with Crippen molar-refractivity contribution in [3.63, 3.8) is 0 Å². The number of amides is 1. The van der Waals surface area contributed by atoms with Crippen molar-refractivity contribution in [1.29, 1.82) is 0 Å². The summed E-state index contributed by atoms with van der Waals surface area (Å²) in [6.07, 6.45) is 4.35. The van der Waals surface area contributed by atoms with Crippen LogP contribution in [0.3, 0.4) is 0 Å². The van der Waals surface area contributed by atoms with Gasteiger partial charge in [0.05, 0.1) is 22.3 Å². The smallest absolute Gasteiger partial charge is 0.259 e. The molecule has 2 aliphatic heterocycles. The second-order valence-corrected chi connectivity index (χ2v) is 8.11. The Morgan fingerprint density at radius 3 is 2.55 bits per heavy atom. The normalized spacial score (nSPS) is 23.2. The minimum absolute atomic E-state index is 0. The average molecular weight is 417 g/mol. The minimum Gasteiger partial charge on any atom is -0.466 e. The number of furan rings is 1. The molecule has 3 aromatic heterocycles. The number of carbonyl (C=O) groups excluding carboxylic acids is 1. The van der Waals surface area contributed by atoms with Crippen LogP contribution in [0.2, 0.25) is 0 Å². The Bertz CT molecular complexity index is 1060. The van der Waals surface area contributed by atoms with Crippen molar-refractivity contribution >= 4 is 29.4 Å². The average Bonchev–Trinajstić information content (AvgIpc) is 3.31. The van der Waals surface area contributed by atoms with Crippen molar-refractivity contribution in [2.24, 2.45) is 0 Å². The summed E-state index contributed by atoms with van der Waals surface area (Å²) in [5, 5.41) is 11.6. The van der Waals surface area contributed by atoms with Crippen molar-refractivity contribution in [2.75, 3.05) is 0 Å². The number of pyridine rings is 1. The van der Waals surface area contributed by atoms with Crippen LogP contribution >= 0.6 is 12.4 Å². The van der Waals surface area contributed by atoms with E-state index in [4.69, 9.17) is 8.94 Å². The summed E-state index contributed by atoms with van der Waals surface area (Å²) in [5.41, 5.74) is 3.13. The summed E-state index contributed by atoms with van der Waals surface area (Å²) < 4.78 is 11.0. The number of aromatic nitrogens is 2. The van der Waals surface area contributed by atoms with Crippen LogP contribution in [0.25, 0.3) is 22.4 Å². The number of halogens is 1. The fourth-order valence-electron chi connectivity index (χ4n) is 4.74. The lowest BCUT2D eigenvalue weighted by atomic mass is 9.98. The molecule has 2 unspecified atom stereocenters. The zero-order valence-corrected chi connectivity index (χ0v) is 17.6. The Hall–Kier alpha value is -2.38. The molecule has 5 rings (SSSR count). The highest BCUT2D eigenvalue weighted by molar-refractivity contribution is 6.07. The predicted molar refractivity (Wildman–Crippen MR) is 111 cm³/mol. The minimum atomic E-state index is -0.0934. The highest BCUT2D eigenvalue weighted by Gasteiger charge is 2.34. The first-order valence-corrected chi connectivity index (χ1v) is 9.89. The molecule has 0 radical (unpaired) electrons. The Morgan fingerprint density at radius 2 is 1.90 bits per heavy atom. The van der Waals surface area contributed by atoms with Gasteiger partial charge in [-0.3, -0.25) is 4.79 Å². The highest BCUT2D eigenvalue weighted by atomic mass is 35.5. The quantitative estimate of drug-likeness (QED) is 0.673. The highest BCUT2D eigenvalue weighted by Crippen LogP contribution is 2.31. The van der Waals surface area contributed by atoms with Crippen molar-refractivity contribution in [2.45, 2.75) is 64.6 Å². The fraction of sp³-hybridized carbons (Fsp3) is 0.476. The molecular formula is C21H25ClN4O3. The Morgan fingerprint density at radius 1 is 1.17 bits per heavy atom. The van der Waals surface area contributed by atoms with Gasteiger partial charge in [-0.1, -0.05) is 5.16 Å². The maximum atomic E-state index is 13.2. The second-order valence-electron chi connectivity index (χ2n) is 8.11. The number of nitrogens with zero attached hydrogens (tertiary/aromatic N) is 2. The number of hydrogen-bond donors (Lipinski definition) is 2. The number of carbonyl (C=O) groups is 1. The number of nitrogens with one attached hydrogen (secondary N) is 2. The predicted octanol–water partition coefficient (Wildman–Crippen LogP) is 3.84. The lowest BCUT2D eigenvalue weighted by molar-refractivity contribution is 0.0925. The van der Waals surface area contributed by atoms with E-state index in [9.17, 15) is 4.79 Å². The lowest BCUT2D eigenvalue weighted by Crippen LogP contribution is -2.48. The first-order chi connectivity index (χ1) is 13.5. The van der Waals surface area contributed by atoms with E-state index >= 15 is 0 Å². The van der Waals surface area contributed by atoms with E-state index in [-0.39, 0.29) is 24.4 Å². The van der Waals surface area contributed by atoms with Crippen LogP contribution in [0.4, 0.5) is 0 Å². The maximum Gasteiger partial charge on any atom is 0.259 e. The third-order valence-electron chi connectivity index (χ3n) is 5.99. The van der Waals surface area contributed by atoms with Crippen LogP contribution in [0, 0.1) is 20.8 Å². The molecule has 7 nitrogen and oxygen atoms in total. The molecule has 2 bridgehead atoms. The number of piperidine rings is 1. The van der Waals surface area contributed by atoms with Crippen molar-refractivity contribution in [3.8, 4) is 11.3 Å². The molecule has 0 aromatic carbocycles. The zero-order chi connectivity index (χ0) is 19.4. The molecule has 5 heterocycles. The van der Waals surface area contributed by atoms with E-state index in [1.54, 1.807) is 0 Å². The molecule has 0 spiro atoms. The van der Waals surface area contributed by atoms with Crippen molar-refractivity contribution < 1.29 is 13.7 Å². The summed E-state index contributed by atoms with van der Waals surface area (Å²) in [6.45, 7) is 5.62. The molecule has 29 heavy (non-hydrogen) atoms. The van der Waals surface area contributed by atoms with E-state index in [1.165, 1.54) is 12.8 Å². The van der Waals surface area contributed by atoms with Gasteiger partial charge < -0.3 is 19.6 Å². The van der Waals surface area contributed by atoms with Crippen LogP contribution in [-0.2, 0) is 0 Å². The molecule has 2 aliphatic rings. The third kappa shape index (κ3) is 3.53. The Kier molecular flexibility index (Phi) is 5.12. The molecule has 1 amide bonds. The van der Waals surface area contributed by atoms with Crippen molar-refractivity contribution in [3.05, 3.63) is 34.9 Å². The maximum absolute atomic E-state index is 13.2. The first kappa shape index (κ1) is 19.9. The number of fused-ring (bicyclic) bond motifs is 3. The monoisotopic (exact) mass is 416 g/mol. The molecule has 154 valence electrons. The van der Waals surface area contributed by atoms with Gasteiger partial charge in [0, 0.05) is 23.7 Å². The van der Waals surface area contributed by atoms with Gasteiger partial charge in [-0.15, -0.1) is 12.4 Å². The van der Waals surface area contributed by atoms with Crippen LogP contribution in [-0.4, -0.2) is 34.2 Å². The van der Waals surface area contributed by atoms with Gasteiger partial charge >= 0.3 is 0 Å². The molecule has 0 saturated carbocycles. The fourth-order valence-corrected chi connectivity index (χ4v) is 4.74. The van der Waals surface area contributed by atoms with Gasteiger partial charge in [-0.25, -0.2) is 4.98 Å². The second kappa shape index (κ2) is 7.46. The number of hydrogen-bond acceptors (Lipinski definition) is 6. The van der Waals surface area contributed by atoms with Crippen molar-refractivity contribution in [1.82, 2.24) is 20.8 Å². The van der Waals surface area contributed by atoms with E-state index in [1.807, 2.05) is 32.9 Å². The van der Waals surface area contributed by atoms with Crippen LogP contribution in [0.1, 0.15) is 53.3 Å². The Labute approximate surface area is 175 Å². The lowest BCUT2D eigenvalue weighted by Gasteiger charge is -2.29. The van der Waals surface area contributed by atoms with Gasteiger partial charge in [0.1, 0.15) is 11.5 Å². The van der Waals surface area contributed by atoms with Crippen LogP contribution < -0.4 is 10.6 Å². The van der Waals surface area contributed by atoms with Crippen LogP contribution in [0.5, 0.6) is 0 Å². The topological polar surface area (TPSA) is 93.2 Å². The summed E-state index contributed by atoms with van der Waals surface area (Å²) in [7, 11) is 0. The molecular weight excluding hydrogens is 392 g/mol. The van der Waals surface area contributed by atoms with E-state index in [0.717, 1.165) is 29.9 Å². The molecule has 2 atom stereocenters. The first-order valence-electron chi connectivity index (χ1n) is 9.89. The molecule has 2 N–H and O–H groups in total. The summed E-state index contributed by atoms with van der Waals surface area (Å²) in [4.78, 5) is 17.8. The number of rotatable bonds is 3. The molecule has 3 aromatic rings. The van der Waals surface area contributed by atoms with Gasteiger partial charge in [0.15, 0.2) is 0 Å². The number of aryl methyl sites for hydroxylation is 3. The van der Waals surface area contributed by atoms with Crippen LogP contribution in [0.15, 0.2) is 21.1 Å². The van der Waals surface area contributed by atoms with Gasteiger partial charge in [0.2, 0.25) is 0 Å². The molecule has 0 aliphatic carbocycles. The van der Waals surface area contributed by atoms with E-state index in [0.29, 0.717) is 40.1 Å². The molecule has 2 fully saturated rings. The van der Waals surface area contributed by atoms with E-state index < -0.39 is 0 Å². The summed E-state index contributed by atoms with van der Waals surface area (Å²) in [6, 6.07) is 4.99. The largest absolute Gasteiger partial charge is 0.466 e. The summed E-state index contributed by atoms with van der Waals surface area (Å²) >= 11 is 0. The zero-order valence-electron chi connectivity index (χ0n) is 16.7. The molecule has 2 saturated heterocycles. The molecule has 8 heteroatoms. The van der Waals surface area contributed by atoms with Gasteiger partial charge in [-0.05, 0) is 58.6 Å². The third-order valence-corrected chi connectivity index (χ3v) is 5.99. The SMILES string of the molecule is Cc1cc(-c2cc(C(=O)NC3CC4CCC(C3)N4)c3c(C)noc3n2)c(C)o1.Cl. The van der Waals surface area contributed by atoms with E-state index in [2.05, 4.69) is 20.8 Å². The van der Waals surface area contributed by atoms with Gasteiger partial charge in [0.25, 0.3) is 11.6 Å².